The van der Waals surface area contributed by atoms with Crippen molar-refractivity contribution in [1.82, 2.24) is 19.8 Å². The van der Waals surface area contributed by atoms with Gasteiger partial charge in [0.15, 0.2) is 0 Å². The molecule has 2 aromatic rings. The summed E-state index contributed by atoms with van der Waals surface area (Å²) in [6, 6.07) is 6.48. The number of anilines is 1. The molecule has 9 heteroatoms. The Hall–Kier alpha value is -2.39. The number of carbonyl (C=O) groups excluding carboxylic acids is 1. The Labute approximate surface area is 153 Å². The Kier molecular flexibility index (Phi) is 6.04. The highest BCUT2D eigenvalue weighted by molar-refractivity contribution is 7.89. The van der Waals surface area contributed by atoms with E-state index in [1.165, 1.54) is 11.6 Å². The molecule has 1 unspecified atom stereocenters. The molecular formula is C17H25N5O3S. The number of nitrogens with zero attached hydrogens (tertiary/aromatic N) is 2. The first-order chi connectivity index (χ1) is 12.1. The van der Waals surface area contributed by atoms with Crippen LogP contribution >= 0.6 is 0 Å². The van der Waals surface area contributed by atoms with Crippen LogP contribution in [0.15, 0.2) is 29.2 Å². The zero-order valence-electron chi connectivity index (χ0n) is 15.4. The molecule has 1 aromatic heterocycles. The third-order valence-corrected chi connectivity index (χ3v) is 5.92. The first-order valence-electron chi connectivity index (χ1n) is 8.26. The fraction of sp³-hybridized carbons (Fsp3) is 0.412. The third kappa shape index (κ3) is 4.61. The lowest BCUT2D eigenvalue weighted by atomic mass is 10.1. The zero-order valence-corrected chi connectivity index (χ0v) is 16.2. The summed E-state index contributed by atoms with van der Waals surface area (Å²) < 4.78 is 29.1. The normalized spacial score (nSPS) is 12.8. The molecule has 1 atom stereocenters. The van der Waals surface area contributed by atoms with Gasteiger partial charge in [-0.3, -0.25) is 9.48 Å². The van der Waals surface area contributed by atoms with Gasteiger partial charge < -0.3 is 11.1 Å². The molecule has 1 amide bonds. The highest BCUT2D eigenvalue weighted by Crippen LogP contribution is 2.18. The summed E-state index contributed by atoms with van der Waals surface area (Å²) in [5.74, 6) is -0.386. The lowest BCUT2D eigenvalue weighted by molar-refractivity contribution is -0.122. The van der Waals surface area contributed by atoms with E-state index < -0.39 is 16.1 Å². The van der Waals surface area contributed by atoms with Crippen LogP contribution in [0.25, 0.3) is 0 Å². The van der Waals surface area contributed by atoms with Crippen LogP contribution in [0, 0.1) is 13.8 Å². The molecule has 142 valence electrons. The number of aromatic nitrogens is 2. The summed E-state index contributed by atoms with van der Waals surface area (Å²) >= 11 is 0. The van der Waals surface area contributed by atoms with Crippen molar-refractivity contribution in [2.24, 2.45) is 7.05 Å². The van der Waals surface area contributed by atoms with Crippen LogP contribution < -0.4 is 15.8 Å². The monoisotopic (exact) mass is 379 g/mol. The number of amides is 1. The van der Waals surface area contributed by atoms with E-state index in [0.717, 1.165) is 5.56 Å². The van der Waals surface area contributed by atoms with Crippen molar-refractivity contribution in [1.29, 1.82) is 0 Å². The summed E-state index contributed by atoms with van der Waals surface area (Å²) in [5, 5.41) is 6.84. The second-order valence-corrected chi connectivity index (χ2v) is 7.90. The molecule has 1 heterocycles. The summed E-state index contributed by atoms with van der Waals surface area (Å²) in [7, 11) is -2.16. The van der Waals surface area contributed by atoms with E-state index in [2.05, 4.69) is 15.1 Å². The molecule has 8 nitrogen and oxygen atoms in total. The number of carbonyl (C=O) groups is 1. The average molecular weight is 379 g/mol. The first kappa shape index (κ1) is 19.9. The molecule has 26 heavy (non-hydrogen) atoms. The van der Waals surface area contributed by atoms with Gasteiger partial charge >= 0.3 is 0 Å². The largest absolute Gasteiger partial charge is 0.399 e. The molecule has 0 bridgehead atoms. The van der Waals surface area contributed by atoms with Gasteiger partial charge in [0.1, 0.15) is 4.90 Å². The van der Waals surface area contributed by atoms with E-state index in [1.54, 1.807) is 33.0 Å². The maximum absolute atomic E-state index is 12.6. The summed E-state index contributed by atoms with van der Waals surface area (Å²) in [6.07, 6.45) is 0.631. The van der Waals surface area contributed by atoms with Crippen LogP contribution in [-0.2, 0) is 28.3 Å². The number of rotatable bonds is 7. The van der Waals surface area contributed by atoms with Crippen LogP contribution in [0.2, 0.25) is 0 Å². The molecule has 0 aliphatic carbocycles. The van der Waals surface area contributed by atoms with Crippen LogP contribution in [0.3, 0.4) is 0 Å². The van der Waals surface area contributed by atoms with Gasteiger partial charge in [0.05, 0.1) is 17.4 Å². The standard InChI is InChI=1S/C17H25N5O3S/c1-11-16(13(3)22(4)20-11)26(24,25)21-12(2)17(23)19-10-9-14-5-7-15(18)8-6-14/h5-8,12,21H,9-10,18H2,1-4H3,(H,19,23). The highest BCUT2D eigenvalue weighted by atomic mass is 32.2. The molecule has 0 fully saturated rings. The Balaban J connectivity index is 1.94. The van der Waals surface area contributed by atoms with E-state index in [0.29, 0.717) is 30.0 Å². The highest BCUT2D eigenvalue weighted by Gasteiger charge is 2.27. The van der Waals surface area contributed by atoms with Gasteiger partial charge in [-0.15, -0.1) is 0 Å². The van der Waals surface area contributed by atoms with E-state index in [1.807, 2.05) is 12.1 Å². The van der Waals surface area contributed by atoms with Gasteiger partial charge in [-0.2, -0.15) is 9.82 Å². The second-order valence-electron chi connectivity index (χ2n) is 6.25. The number of aryl methyl sites for hydroxylation is 2. The predicted molar refractivity (Wildman–Crippen MR) is 100 cm³/mol. The molecule has 2 rings (SSSR count). The summed E-state index contributed by atoms with van der Waals surface area (Å²) in [5.41, 5.74) is 8.27. The lowest BCUT2D eigenvalue weighted by Crippen LogP contribution is -2.45. The molecule has 0 spiro atoms. The van der Waals surface area contributed by atoms with Crippen molar-refractivity contribution >= 4 is 21.6 Å². The Morgan fingerprint density at radius 3 is 2.42 bits per heavy atom. The number of hydrogen-bond acceptors (Lipinski definition) is 5. The van der Waals surface area contributed by atoms with Crippen LogP contribution in [0.5, 0.6) is 0 Å². The van der Waals surface area contributed by atoms with E-state index >= 15 is 0 Å². The fourth-order valence-electron chi connectivity index (χ4n) is 2.66. The molecule has 1 aromatic carbocycles. The van der Waals surface area contributed by atoms with Gasteiger partial charge in [0.25, 0.3) is 0 Å². The minimum Gasteiger partial charge on any atom is -0.399 e. The van der Waals surface area contributed by atoms with Crippen LogP contribution in [0.4, 0.5) is 5.69 Å². The maximum atomic E-state index is 12.6. The maximum Gasteiger partial charge on any atom is 0.244 e. The van der Waals surface area contributed by atoms with Gasteiger partial charge in [0, 0.05) is 19.3 Å². The smallest absolute Gasteiger partial charge is 0.244 e. The molecule has 0 aliphatic heterocycles. The first-order valence-corrected chi connectivity index (χ1v) is 9.75. The molecule has 0 aliphatic rings. The van der Waals surface area contributed by atoms with Gasteiger partial charge in [-0.05, 0) is 44.9 Å². The topological polar surface area (TPSA) is 119 Å². The fourth-order valence-corrected chi connectivity index (χ4v) is 4.30. The summed E-state index contributed by atoms with van der Waals surface area (Å²) in [4.78, 5) is 12.3. The van der Waals surface area contributed by atoms with Gasteiger partial charge in [-0.1, -0.05) is 12.1 Å². The number of sulfonamides is 1. The Bertz CT molecular complexity index is 888. The summed E-state index contributed by atoms with van der Waals surface area (Å²) in [6.45, 7) is 5.21. The molecule has 0 radical (unpaired) electrons. The van der Waals surface area contributed by atoms with Crippen molar-refractivity contribution in [3.63, 3.8) is 0 Å². The minimum absolute atomic E-state index is 0.113. The molecular weight excluding hydrogens is 354 g/mol. The average Bonchev–Trinajstić information content (AvgIpc) is 2.81. The molecule has 0 saturated heterocycles. The zero-order chi connectivity index (χ0) is 19.5. The van der Waals surface area contributed by atoms with Gasteiger partial charge in [-0.25, -0.2) is 8.42 Å². The predicted octanol–water partition coefficient (Wildman–Crippen LogP) is 0.645. The number of nitrogen functional groups attached to an aromatic ring is 1. The van der Waals surface area contributed by atoms with Crippen LogP contribution in [-0.4, -0.2) is 36.7 Å². The Morgan fingerprint density at radius 2 is 1.88 bits per heavy atom. The van der Waals surface area contributed by atoms with E-state index in [4.69, 9.17) is 5.73 Å². The number of benzene rings is 1. The van der Waals surface area contributed by atoms with E-state index in [-0.39, 0.29) is 10.8 Å². The number of hydrogen-bond donors (Lipinski definition) is 3. The number of nitrogens with one attached hydrogen (secondary N) is 2. The molecule has 0 saturated carbocycles. The second kappa shape index (κ2) is 7.88. The van der Waals surface area contributed by atoms with Crippen molar-refractivity contribution < 1.29 is 13.2 Å². The van der Waals surface area contributed by atoms with Crippen molar-refractivity contribution in [2.75, 3.05) is 12.3 Å². The Morgan fingerprint density at radius 1 is 1.27 bits per heavy atom. The van der Waals surface area contributed by atoms with Gasteiger partial charge in [0.2, 0.25) is 15.9 Å². The van der Waals surface area contributed by atoms with Crippen LogP contribution in [0.1, 0.15) is 23.9 Å². The quantitative estimate of drug-likeness (QED) is 0.610. The third-order valence-electron chi connectivity index (χ3n) is 4.13. The SMILES string of the molecule is Cc1nn(C)c(C)c1S(=O)(=O)NC(C)C(=O)NCCc1ccc(N)cc1. The van der Waals surface area contributed by atoms with Crippen molar-refractivity contribution in [3.8, 4) is 0 Å². The molecule has 4 N–H and O–H groups in total. The van der Waals surface area contributed by atoms with E-state index in [9.17, 15) is 13.2 Å². The lowest BCUT2D eigenvalue weighted by Gasteiger charge is -2.15. The minimum atomic E-state index is -3.84. The number of nitrogens with two attached hydrogens (primary N) is 1. The van der Waals surface area contributed by atoms with Crippen molar-refractivity contribution in [3.05, 3.63) is 41.2 Å². The van der Waals surface area contributed by atoms with Crippen molar-refractivity contribution in [2.45, 2.75) is 38.1 Å².